The predicted octanol–water partition coefficient (Wildman–Crippen LogP) is -1.23. The first-order valence-electron chi connectivity index (χ1n) is 5.73. The quantitative estimate of drug-likeness (QED) is 0.585. The van der Waals surface area contributed by atoms with Crippen LogP contribution in [0.4, 0.5) is 10.2 Å². The van der Waals surface area contributed by atoms with Crippen LogP contribution in [0.25, 0.3) is 11.2 Å². The molecule has 1 aliphatic rings. The molecule has 4 N–H and O–H groups in total. The molecular weight excluding hydrogens is 273 g/mol. The van der Waals surface area contributed by atoms with Crippen LogP contribution >= 0.6 is 0 Å². The molecule has 20 heavy (non-hydrogen) atoms. The first-order valence-corrected chi connectivity index (χ1v) is 5.73. The highest BCUT2D eigenvalue weighted by atomic mass is 19.1. The molecule has 10 heteroatoms. The first-order chi connectivity index (χ1) is 9.52. The Morgan fingerprint density at radius 1 is 1.40 bits per heavy atom. The highest BCUT2D eigenvalue weighted by Gasteiger charge is 2.44. The van der Waals surface area contributed by atoms with Crippen LogP contribution < -0.4 is 5.73 Å². The van der Waals surface area contributed by atoms with E-state index < -0.39 is 30.8 Å². The number of ether oxygens (including phenoxy) is 2. The SMILES string of the molecule is CO[C@@H]1O[C@@H](n2cnc3c(N)nc(F)nc32)[C@@H](O)[C@@H]1O. The maximum atomic E-state index is 13.2. The zero-order chi connectivity index (χ0) is 14.4. The summed E-state index contributed by atoms with van der Waals surface area (Å²) in [6, 6.07) is 0. The van der Waals surface area contributed by atoms with E-state index in [0.29, 0.717) is 0 Å². The Morgan fingerprint density at radius 3 is 2.80 bits per heavy atom. The number of aliphatic hydroxyl groups excluding tert-OH is 2. The lowest BCUT2D eigenvalue weighted by molar-refractivity contribution is -0.160. The number of aliphatic hydroxyl groups is 2. The minimum absolute atomic E-state index is 0.0583. The Hall–Kier alpha value is -1.88. The number of fused-ring (bicyclic) bond motifs is 1. The minimum Gasteiger partial charge on any atom is -0.385 e. The van der Waals surface area contributed by atoms with Crippen LogP contribution in [0.3, 0.4) is 0 Å². The second kappa shape index (κ2) is 4.59. The summed E-state index contributed by atoms with van der Waals surface area (Å²) in [6.45, 7) is 0. The van der Waals surface area contributed by atoms with Crippen LogP contribution in [0.1, 0.15) is 6.23 Å². The molecule has 108 valence electrons. The molecule has 2 aromatic heterocycles. The zero-order valence-corrected chi connectivity index (χ0v) is 10.3. The average molecular weight is 285 g/mol. The minimum atomic E-state index is -1.28. The van der Waals surface area contributed by atoms with Crippen molar-refractivity contribution in [2.24, 2.45) is 0 Å². The maximum absolute atomic E-state index is 13.2. The summed E-state index contributed by atoms with van der Waals surface area (Å²) >= 11 is 0. The van der Waals surface area contributed by atoms with Gasteiger partial charge in [-0.1, -0.05) is 0 Å². The molecule has 0 bridgehead atoms. The van der Waals surface area contributed by atoms with Crippen LogP contribution in [-0.2, 0) is 9.47 Å². The Kier molecular flexibility index (Phi) is 3.01. The lowest BCUT2D eigenvalue weighted by Crippen LogP contribution is -2.32. The monoisotopic (exact) mass is 285 g/mol. The molecule has 1 aliphatic heterocycles. The van der Waals surface area contributed by atoms with Crippen molar-refractivity contribution in [3.05, 3.63) is 12.4 Å². The average Bonchev–Trinajstić information content (AvgIpc) is 2.93. The van der Waals surface area contributed by atoms with E-state index in [1.807, 2.05) is 0 Å². The van der Waals surface area contributed by atoms with E-state index in [9.17, 15) is 14.6 Å². The van der Waals surface area contributed by atoms with E-state index in [2.05, 4.69) is 15.0 Å². The number of rotatable bonds is 2. The molecule has 1 saturated heterocycles. The Labute approximate surface area is 111 Å². The molecule has 0 amide bonds. The molecule has 9 nitrogen and oxygen atoms in total. The van der Waals surface area contributed by atoms with Crippen molar-refractivity contribution in [3.63, 3.8) is 0 Å². The summed E-state index contributed by atoms with van der Waals surface area (Å²) in [7, 11) is 1.33. The van der Waals surface area contributed by atoms with Gasteiger partial charge in [-0.05, 0) is 0 Å². The summed E-state index contributed by atoms with van der Waals surface area (Å²) in [5.74, 6) is -0.123. The van der Waals surface area contributed by atoms with E-state index in [-0.39, 0.29) is 17.0 Å². The standard InChI is InChI=1S/C10H12FN5O4/c1-19-9-5(18)4(17)8(20-9)16-2-13-3-6(12)14-10(11)15-7(3)16/h2,4-5,8-9,17-18H,1H3,(H2,12,14,15)/t4-,5-,8+,9+/m0/s1. The molecular formula is C10H12FN5O4. The summed E-state index contributed by atoms with van der Waals surface area (Å²) in [5, 5.41) is 19.7. The lowest BCUT2D eigenvalue weighted by Gasteiger charge is -2.15. The molecule has 4 atom stereocenters. The van der Waals surface area contributed by atoms with Crippen molar-refractivity contribution < 1.29 is 24.1 Å². The molecule has 0 spiro atoms. The Balaban J connectivity index is 2.07. The van der Waals surface area contributed by atoms with Gasteiger partial charge in [-0.2, -0.15) is 14.4 Å². The fraction of sp³-hybridized carbons (Fsp3) is 0.500. The fourth-order valence-corrected chi connectivity index (χ4v) is 2.15. The van der Waals surface area contributed by atoms with Gasteiger partial charge in [0.15, 0.2) is 29.5 Å². The third-order valence-corrected chi connectivity index (χ3v) is 3.12. The first kappa shape index (κ1) is 13.1. The van der Waals surface area contributed by atoms with Crippen LogP contribution in [0, 0.1) is 6.08 Å². The lowest BCUT2D eigenvalue weighted by atomic mass is 10.2. The molecule has 3 heterocycles. The van der Waals surface area contributed by atoms with Crippen LogP contribution in [-0.4, -0.2) is 55.3 Å². The van der Waals surface area contributed by atoms with Crippen LogP contribution in [0.5, 0.6) is 0 Å². The van der Waals surface area contributed by atoms with Gasteiger partial charge in [0.25, 0.3) is 0 Å². The van der Waals surface area contributed by atoms with Gasteiger partial charge < -0.3 is 25.4 Å². The van der Waals surface area contributed by atoms with Gasteiger partial charge in [-0.25, -0.2) is 4.98 Å². The van der Waals surface area contributed by atoms with E-state index in [0.717, 1.165) is 0 Å². The number of hydrogen-bond acceptors (Lipinski definition) is 8. The summed E-state index contributed by atoms with van der Waals surface area (Å²) < 4.78 is 24.7. The largest absolute Gasteiger partial charge is 0.385 e. The molecule has 0 saturated carbocycles. The smallest absolute Gasteiger partial charge is 0.312 e. The number of methoxy groups -OCH3 is 1. The van der Waals surface area contributed by atoms with E-state index in [1.54, 1.807) is 0 Å². The second-order valence-electron chi connectivity index (χ2n) is 4.31. The van der Waals surface area contributed by atoms with Gasteiger partial charge in [0.05, 0.1) is 6.33 Å². The van der Waals surface area contributed by atoms with Crippen molar-refractivity contribution in [3.8, 4) is 0 Å². The topological polar surface area (TPSA) is 129 Å². The summed E-state index contributed by atoms with van der Waals surface area (Å²) in [6.07, 6.45) is -4.30. The highest BCUT2D eigenvalue weighted by molar-refractivity contribution is 5.81. The van der Waals surface area contributed by atoms with Gasteiger partial charge in [0.1, 0.15) is 12.2 Å². The number of halogens is 1. The van der Waals surface area contributed by atoms with Crippen LogP contribution in [0.15, 0.2) is 6.33 Å². The molecule has 0 unspecified atom stereocenters. The molecule has 3 rings (SSSR count). The maximum Gasteiger partial charge on any atom is 0.312 e. The number of aromatic nitrogens is 4. The van der Waals surface area contributed by atoms with Crippen molar-refractivity contribution in [1.82, 2.24) is 19.5 Å². The second-order valence-corrected chi connectivity index (χ2v) is 4.31. The van der Waals surface area contributed by atoms with Crippen LogP contribution in [0.2, 0.25) is 0 Å². The van der Waals surface area contributed by atoms with Crippen molar-refractivity contribution in [1.29, 1.82) is 0 Å². The van der Waals surface area contributed by atoms with E-state index in [1.165, 1.54) is 18.0 Å². The zero-order valence-electron chi connectivity index (χ0n) is 10.3. The van der Waals surface area contributed by atoms with Crippen molar-refractivity contribution in [2.45, 2.75) is 24.7 Å². The number of anilines is 1. The van der Waals surface area contributed by atoms with Crippen molar-refractivity contribution in [2.75, 3.05) is 12.8 Å². The molecule has 0 radical (unpaired) electrons. The Morgan fingerprint density at radius 2 is 2.15 bits per heavy atom. The number of hydrogen-bond donors (Lipinski definition) is 3. The number of nitrogen functional groups attached to an aromatic ring is 1. The molecule has 0 aromatic carbocycles. The number of nitrogens with two attached hydrogens (primary N) is 1. The van der Waals surface area contributed by atoms with Gasteiger partial charge in [-0.3, -0.25) is 4.57 Å². The normalized spacial score (nSPS) is 30.2. The van der Waals surface area contributed by atoms with Gasteiger partial charge in [-0.15, -0.1) is 0 Å². The summed E-state index contributed by atoms with van der Waals surface area (Å²) in [4.78, 5) is 10.9. The third kappa shape index (κ3) is 1.81. The molecule has 1 fully saturated rings. The number of imidazole rings is 1. The Bertz CT molecular complexity index is 650. The summed E-state index contributed by atoms with van der Waals surface area (Å²) in [5.41, 5.74) is 5.78. The van der Waals surface area contributed by atoms with E-state index >= 15 is 0 Å². The highest BCUT2D eigenvalue weighted by Crippen LogP contribution is 2.32. The van der Waals surface area contributed by atoms with Gasteiger partial charge >= 0.3 is 6.08 Å². The third-order valence-electron chi connectivity index (χ3n) is 3.12. The van der Waals surface area contributed by atoms with Gasteiger partial charge in [0, 0.05) is 7.11 Å². The molecule has 2 aromatic rings. The number of nitrogens with zero attached hydrogens (tertiary/aromatic N) is 4. The fourth-order valence-electron chi connectivity index (χ4n) is 2.15. The van der Waals surface area contributed by atoms with Crippen molar-refractivity contribution >= 4 is 17.0 Å². The predicted molar refractivity (Wildman–Crippen MR) is 62.6 cm³/mol. The molecule has 0 aliphatic carbocycles. The van der Waals surface area contributed by atoms with E-state index in [4.69, 9.17) is 15.2 Å². The van der Waals surface area contributed by atoms with Gasteiger partial charge in [0.2, 0.25) is 0 Å².